The number of rotatable bonds is 4. The normalized spacial score (nSPS) is 17.6. The Morgan fingerprint density at radius 3 is 2.75 bits per heavy atom. The van der Waals surface area contributed by atoms with Crippen LogP contribution in [-0.2, 0) is 6.54 Å². The van der Waals surface area contributed by atoms with Crippen molar-refractivity contribution < 1.29 is 0 Å². The molecule has 0 atom stereocenters. The second kappa shape index (κ2) is 6.31. The van der Waals surface area contributed by atoms with Gasteiger partial charge in [-0.1, -0.05) is 18.6 Å². The maximum atomic E-state index is 3.88. The Hall–Kier alpha value is -0.470. The Bertz CT molecular complexity index is 318. The number of hydrogen-bond donors (Lipinski definition) is 0. The summed E-state index contributed by atoms with van der Waals surface area (Å²) in [5.41, 5.74) is 1.44. The molecule has 1 saturated heterocycles. The molecule has 1 radical (unpaired) electrons. The molecule has 1 heterocycles. The number of benzene rings is 1. The van der Waals surface area contributed by atoms with E-state index in [4.69, 9.17) is 0 Å². The second-order valence-electron chi connectivity index (χ2n) is 4.33. The van der Waals surface area contributed by atoms with Gasteiger partial charge in [0.25, 0.3) is 0 Å². The monoisotopic (exact) mass is 234 g/mol. The van der Waals surface area contributed by atoms with Crippen molar-refractivity contribution >= 4 is 11.8 Å². The molecular weight excluding hydrogens is 214 g/mol. The molecule has 87 valence electrons. The van der Waals surface area contributed by atoms with Crippen molar-refractivity contribution in [3.63, 3.8) is 0 Å². The van der Waals surface area contributed by atoms with E-state index in [1.54, 1.807) is 0 Å². The summed E-state index contributed by atoms with van der Waals surface area (Å²) in [4.78, 5) is 3.92. The lowest BCUT2D eigenvalue weighted by molar-refractivity contribution is 0.221. The fraction of sp³-hybridized carbons (Fsp3) is 0.500. The SMILES string of the molecule is [CH2]CSc1cccc(CN2CCCCC2)c1. The summed E-state index contributed by atoms with van der Waals surface area (Å²) in [6.07, 6.45) is 4.15. The van der Waals surface area contributed by atoms with Crippen LogP contribution in [0.25, 0.3) is 0 Å². The highest BCUT2D eigenvalue weighted by Gasteiger charge is 2.10. The first-order chi connectivity index (χ1) is 7.88. The molecule has 1 aromatic rings. The molecule has 2 rings (SSSR count). The first-order valence-electron chi connectivity index (χ1n) is 6.12. The highest BCUT2D eigenvalue weighted by molar-refractivity contribution is 7.99. The van der Waals surface area contributed by atoms with E-state index < -0.39 is 0 Å². The van der Waals surface area contributed by atoms with E-state index in [9.17, 15) is 0 Å². The zero-order chi connectivity index (χ0) is 11.2. The van der Waals surface area contributed by atoms with Crippen LogP contribution in [0.5, 0.6) is 0 Å². The van der Waals surface area contributed by atoms with E-state index in [1.807, 2.05) is 11.8 Å². The lowest BCUT2D eigenvalue weighted by atomic mass is 10.1. The average molecular weight is 234 g/mol. The zero-order valence-electron chi connectivity index (χ0n) is 9.82. The molecule has 1 nitrogen and oxygen atoms in total. The van der Waals surface area contributed by atoms with Crippen LogP contribution in [-0.4, -0.2) is 23.7 Å². The molecule has 0 aromatic heterocycles. The van der Waals surface area contributed by atoms with E-state index >= 15 is 0 Å². The van der Waals surface area contributed by atoms with Crippen LogP contribution in [0.4, 0.5) is 0 Å². The first kappa shape index (κ1) is 12.0. The molecule has 0 bridgehead atoms. The Morgan fingerprint density at radius 2 is 2.00 bits per heavy atom. The van der Waals surface area contributed by atoms with Gasteiger partial charge in [-0.2, -0.15) is 0 Å². The van der Waals surface area contributed by atoms with Gasteiger partial charge in [0.05, 0.1) is 0 Å². The molecule has 1 aliphatic heterocycles. The fourth-order valence-electron chi connectivity index (χ4n) is 2.23. The summed E-state index contributed by atoms with van der Waals surface area (Å²) >= 11 is 1.82. The summed E-state index contributed by atoms with van der Waals surface area (Å²) in [5.74, 6) is 0.910. The number of nitrogens with zero attached hydrogens (tertiary/aromatic N) is 1. The quantitative estimate of drug-likeness (QED) is 0.732. The predicted octanol–water partition coefficient (Wildman–Crippen LogP) is 3.60. The van der Waals surface area contributed by atoms with Crippen LogP contribution in [0, 0.1) is 6.92 Å². The summed E-state index contributed by atoms with van der Waals surface area (Å²) in [6, 6.07) is 8.89. The largest absolute Gasteiger partial charge is 0.299 e. The van der Waals surface area contributed by atoms with Gasteiger partial charge in [0.1, 0.15) is 0 Å². The van der Waals surface area contributed by atoms with E-state index in [1.165, 1.54) is 42.8 Å². The smallest absolute Gasteiger partial charge is 0.0234 e. The van der Waals surface area contributed by atoms with Crippen molar-refractivity contribution in [1.82, 2.24) is 4.90 Å². The van der Waals surface area contributed by atoms with Gasteiger partial charge in [-0.05, 0) is 56.3 Å². The van der Waals surface area contributed by atoms with E-state index in [0.717, 1.165) is 12.3 Å². The van der Waals surface area contributed by atoms with Crippen LogP contribution >= 0.6 is 11.8 Å². The molecular formula is C14H20NS. The minimum atomic E-state index is 0.910. The molecule has 0 unspecified atom stereocenters. The number of likely N-dealkylation sites (tertiary alicyclic amines) is 1. The van der Waals surface area contributed by atoms with E-state index in [2.05, 4.69) is 36.1 Å². The van der Waals surface area contributed by atoms with E-state index in [0.29, 0.717) is 0 Å². The van der Waals surface area contributed by atoms with E-state index in [-0.39, 0.29) is 0 Å². The standard InChI is InChI=1S/C14H20NS/c1-2-16-14-8-6-7-13(11-14)12-15-9-4-3-5-10-15/h6-8,11H,1-5,9-10,12H2. The third kappa shape index (κ3) is 3.53. The molecule has 0 saturated carbocycles. The minimum Gasteiger partial charge on any atom is -0.299 e. The van der Waals surface area contributed by atoms with Crippen molar-refractivity contribution in [1.29, 1.82) is 0 Å². The molecule has 1 fully saturated rings. The molecule has 0 spiro atoms. The topological polar surface area (TPSA) is 3.24 Å². The van der Waals surface area contributed by atoms with Crippen LogP contribution in [0.15, 0.2) is 29.2 Å². The zero-order valence-corrected chi connectivity index (χ0v) is 10.6. The minimum absolute atomic E-state index is 0.910. The predicted molar refractivity (Wildman–Crippen MR) is 71.7 cm³/mol. The number of piperidine rings is 1. The molecule has 16 heavy (non-hydrogen) atoms. The molecule has 0 aliphatic carbocycles. The van der Waals surface area contributed by atoms with Crippen molar-refractivity contribution in [2.24, 2.45) is 0 Å². The Balaban J connectivity index is 1.94. The molecule has 0 N–H and O–H groups in total. The number of thioether (sulfide) groups is 1. The van der Waals surface area contributed by atoms with Crippen LogP contribution in [0.1, 0.15) is 24.8 Å². The molecule has 1 aliphatic rings. The van der Waals surface area contributed by atoms with Crippen LogP contribution in [0.3, 0.4) is 0 Å². The van der Waals surface area contributed by atoms with Crippen LogP contribution < -0.4 is 0 Å². The number of hydrogen-bond acceptors (Lipinski definition) is 2. The van der Waals surface area contributed by atoms with Crippen LogP contribution in [0.2, 0.25) is 0 Å². The third-order valence-corrected chi connectivity index (χ3v) is 3.81. The van der Waals surface area contributed by atoms with Crippen molar-refractivity contribution in [3.8, 4) is 0 Å². The lowest BCUT2D eigenvalue weighted by Crippen LogP contribution is -2.29. The van der Waals surface area contributed by atoms with Gasteiger partial charge in [0, 0.05) is 11.4 Å². The van der Waals surface area contributed by atoms with Crippen molar-refractivity contribution in [3.05, 3.63) is 36.8 Å². The van der Waals surface area contributed by atoms with Gasteiger partial charge in [-0.3, -0.25) is 4.90 Å². The summed E-state index contributed by atoms with van der Waals surface area (Å²) in [5, 5.41) is 0. The molecule has 2 heteroatoms. The van der Waals surface area contributed by atoms with Gasteiger partial charge in [-0.25, -0.2) is 0 Å². The van der Waals surface area contributed by atoms with Gasteiger partial charge < -0.3 is 0 Å². The third-order valence-electron chi connectivity index (χ3n) is 3.02. The highest BCUT2D eigenvalue weighted by Crippen LogP contribution is 2.20. The maximum absolute atomic E-state index is 3.88. The molecule has 0 amide bonds. The van der Waals surface area contributed by atoms with Gasteiger partial charge in [0.2, 0.25) is 0 Å². The van der Waals surface area contributed by atoms with Gasteiger partial charge in [0.15, 0.2) is 0 Å². The fourth-order valence-corrected chi connectivity index (χ4v) is 2.87. The Labute approximate surface area is 103 Å². The van der Waals surface area contributed by atoms with Crippen molar-refractivity contribution in [2.75, 3.05) is 18.8 Å². The first-order valence-corrected chi connectivity index (χ1v) is 7.10. The lowest BCUT2D eigenvalue weighted by Gasteiger charge is -2.26. The summed E-state index contributed by atoms with van der Waals surface area (Å²) in [6.45, 7) is 7.54. The Morgan fingerprint density at radius 1 is 1.19 bits per heavy atom. The summed E-state index contributed by atoms with van der Waals surface area (Å²) in [7, 11) is 0. The van der Waals surface area contributed by atoms with Gasteiger partial charge >= 0.3 is 0 Å². The summed E-state index contributed by atoms with van der Waals surface area (Å²) < 4.78 is 0. The highest BCUT2D eigenvalue weighted by atomic mass is 32.2. The van der Waals surface area contributed by atoms with Gasteiger partial charge in [-0.15, -0.1) is 11.8 Å². The van der Waals surface area contributed by atoms with Crippen molar-refractivity contribution in [2.45, 2.75) is 30.7 Å². The Kier molecular flexibility index (Phi) is 4.73. The average Bonchev–Trinajstić information content (AvgIpc) is 2.31. The molecule has 1 aromatic carbocycles. The second-order valence-corrected chi connectivity index (χ2v) is 5.50. The maximum Gasteiger partial charge on any atom is 0.0234 e.